The van der Waals surface area contributed by atoms with Crippen molar-refractivity contribution in [1.82, 2.24) is 4.90 Å². The van der Waals surface area contributed by atoms with Crippen molar-refractivity contribution in [2.24, 2.45) is 4.99 Å². The SMILES string of the molecule is COc1cc(/C=C2\N=C(c3ccccc3Cl)OC2=O)ccc1OCC(=O)N1CCOCC1. The lowest BCUT2D eigenvalue weighted by atomic mass is 10.1. The van der Waals surface area contributed by atoms with Gasteiger partial charge in [0, 0.05) is 13.1 Å². The molecule has 2 aromatic carbocycles. The zero-order chi connectivity index (χ0) is 22.5. The molecule has 0 aliphatic carbocycles. The molecule has 4 rings (SSSR count). The molecule has 2 aliphatic rings. The maximum Gasteiger partial charge on any atom is 0.363 e. The Kier molecular flexibility index (Phi) is 6.72. The second-order valence-electron chi connectivity index (χ2n) is 7.01. The summed E-state index contributed by atoms with van der Waals surface area (Å²) >= 11 is 6.16. The van der Waals surface area contributed by atoms with Gasteiger partial charge in [-0.15, -0.1) is 0 Å². The van der Waals surface area contributed by atoms with Crippen molar-refractivity contribution in [3.63, 3.8) is 0 Å². The standard InChI is InChI=1S/C23H21ClN2O6/c1-29-20-13-15(6-7-19(20)31-14-21(27)26-8-10-30-11-9-26)12-18-23(28)32-22(25-18)16-4-2-3-5-17(16)24/h2-7,12-13H,8-11,14H2,1H3/b18-12-. The number of esters is 1. The Bertz CT molecular complexity index is 1090. The van der Waals surface area contributed by atoms with Gasteiger partial charge < -0.3 is 23.8 Å². The Labute approximate surface area is 190 Å². The van der Waals surface area contributed by atoms with E-state index in [2.05, 4.69) is 4.99 Å². The van der Waals surface area contributed by atoms with E-state index in [1.54, 1.807) is 53.4 Å². The van der Waals surface area contributed by atoms with Gasteiger partial charge in [0.1, 0.15) is 0 Å². The van der Waals surface area contributed by atoms with Crippen molar-refractivity contribution in [3.05, 3.63) is 64.3 Å². The number of ether oxygens (including phenoxy) is 4. The fourth-order valence-electron chi connectivity index (χ4n) is 3.25. The number of hydrogen-bond donors (Lipinski definition) is 0. The molecule has 1 saturated heterocycles. The van der Waals surface area contributed by atoms with Crippen LogP contribution in [0.25, 0.3) is 6.08 Å². The molecule has 2 aliphatic heterocycles. The number of hydrogen-bond acceptors (Lipinski definition) is 7. The van der Waals surface area contributed by atoms with Gasteiger partial charge in [0.15, 0.2) is 23.8 Å². The van der Waals surface area contributed by atoms with E-state index >= 15 is 0 Å². The summed E-state index contributed by atoms with van der Waals surface area (Å²) in [7, 11) is 1.50. The van der Waals surface area contributed by atoms with Crippen LogP contribution in [0, 0.1) is 0 Å². The van der Waals surface area contributed by atoms with Gasteiger partial charge in [-0.1, -0.05) is 29.8 Å². The molecule has 8 nitrogen and oxygen atoms in total. The monoisotopic (exact) mass is 456 g/mol. The molecule has 1 fully saturated rings. The van der Waals surface area contributed by atoms with Crippen LogP contribution in [-0.4, -0.2) is 62.7 Å². The Hall–Kier alpha value is -3.36. The van der Waals surface area contributed by atoms with Gasteiger partial charge in [0.2, 0.25) is 5.90 Å². The lowest BCUT2D eigenvalue weighted by Gasteiger charge is -2.26. The van der Waals surface area contributed by atoms with Crippen LogP contribution in [0.15, 0.2) is 53.2 Å². The first-order valence-corrected chi connectivity index (χ1v) is 10.4. The smallest absolute Gasteiger partial charge is 0.363 e. The van der Waals surface area contributed by atoms with Crippen LogP contribution in [0.4, 0.5) is 0 Å². The van der Waals surface area contributed by atoms with Crippen molar-refractivity contribution in [1.29, 1.82) is 0 Å². The molecule has 0 spiro atoms. The fraction of sp³-hybridized carbons (Fsp3) is 0.261. The number of halogens is 1. The third-order valence-corrected chi connectivity index (χ3v) is 5.26. The van der Waals surface area contributed by atoms with Gasteiger partial charge >= 0.3 is 5.97 Å². The van der Waals surface area contributed by atoms with Gasteiger partial charge in [-0.25, -0.2) is 9.79 Å². The minimum atomic E-state index is -0.574. The van der Waals surface area contributed by atoms with Crippen LogP contribution in [0.1, 0.15) is 11.1 Å². The predicted octanol–water partition coefficient (Wildman–Crippen LogP) is 2.93. The van der Waals surface area contributed by atoms with Gasteiger partial charge in [0.25, 0.3) is 5.91 Å². The maximum atomic E-state index is 12.3. The first kappa shape index (κ1) is 21.9. The summed E-state index contributed by atoms with van der Waals surface area (Å²) < 4.78 is 21.6. The molecule has 0 unspecified atom stereocenters. The summed E-state index contributed by atoms with van der Waals surface area (Å²) in [5.41, 5.74) is 1.33. The lowest BCUT2D eigenvalue weighted by molar-refractivity contribution is -0.137. The van der Waals surface area contributed by atoms with E-state index < -0.39 is 5.97 Å². The molecule has 0 aromatic heterocycles. The number of cyclic esters (lactones) is 1. The molecular weight excluding hydrogens is 436 g/mol. The Morgan fingerprint density at radius 1 is 1.19 bits per heavy atom. The predicted molar refractivity (Wildman–Crippen MR) is 118 cm³/mol. The number of benzene rings is 2. The number of amides is 1. The highest BCUT2D eigenvalue weighted by molar-refractivity contribution is 6.34. The molecule has 0 atom stereocenters. The van der Waals surface area contributed by atoms with E-state index in [1.807, 2.05) is 0 Å². The Morgan fingerprint density at radius 3 is 2.72 bits per heavy atom. The van der Waals surface area contributed by atoms with Gasteiger partial charge in [0.05, 0.1) is 30.9 Å². The summed E-state index contributed by atoms with van der Waals surface area (Å²) in [6.45, 7) is 2.06. The molecule has 0 N–H and O–H groups in total. The minimum Gasteiger partial charge on any atom is -0.493 e. The maximum absolute atomic E-state index is 12.3. The largest absolute Gasteiger partial charge is 0.493 e. The molecule has 166 valence electrons. The van der Waals surface area contributed by atoms with Crippen molar-refractivity contribution in [2.45, 2.75) is 0 Å². The first-order valence-electron chi connectivity index (χ1n) is 9.99. The normalized spacial score (nSPS) is 17.2. The lowest BCUT2D eigenvalue weighted by Crippen LogP contribution is -2.43. The van der Waals surface area contributed by atoms with Crippen LogP contribution in [0.5, 0.6) is 11.5 Å². The molecule has 0 radical (unpaired) electrons. The van der Waals surface area contributed by atoms with E-state index in [0.29, 0.717) is 54.0 Å². The van der Waals surface area contributed by atoms with Crippen LogP contribution < -0.4 is 9.47 Å². The minimum absolute atomic E-state index is 0.103. The van der Waals surface area contributed by atoms with Crippen LogP contribution in [-0.2, 0) is 19.1 Å². The van der Waals surface area contributed by atoms with Crippen LogP contribution in [0.3, 0.4) is 0 Å². The zero-order valence-corrected chi connectivity index (χ0v) is 18.1. The van der Waals surface area contributed by atoms with E-state index in [-0.39, 0.29) is 24.1 Å². The molecule has 2 heterocycles. The van der Waals surface area contributed by atoms with Crippen molar-refractivity contribution in [3.8, 4) is 11.5 Å². The second-order valence-corrected chi connectivity index (χ2v) is 7.42. The summed E-state index contributed by atoms with van der Waals surface area (Å²) in [4.78, 5) is 30.5. The van der Waals surface area contributed by atoms with E-state index in [0.717, 1.165) is 0 Å². The number of nitrogens with zero attached hydrogens (tertiary/aromatic N) is 2. The molecule has 2 aromatic rings. The first-order chi connectivity index (χ1) is 15.5. The fourth-order valence-corrected chi connectivity index (χ4v) is 3.47. The summed E-state index contributed by atoms with van der Waals surface area (Å²) in [6, 6.07) is 12.1. The third kappa shape index (κ3) is 4.92. The van der Waals surface area contributed by atoms with Gasteiger partial charge in [-0.2, -0.15) is 0 Å². The van der Waals surface area contributed by atoms with Gasteiger partial charge in [-0.3, -0.25) is 4.79 Å². The third-order valence-electron chi connectivity index (χ3n) is 4.93. The average molecular weight is 457 g/mol. The topological polar surface area (TPSA) is 86.7 Å². The Morgan fingerprint density at radius 2 is 1.97 bits per heavy atom. The van der Waals surface area contributed by atoms with Gasteiger partial charge in [-0.05, 0) is 35.9 Å². The number of aliphatic imine (C=N–C) groups is 1. The summed E-state index contributed by atoms with van der Waals surface area (Å²) in [5.74, 6) is 0.314. The second kappa shape index (κ2) is 9.84. The van der Waals surface area contributed by atoms with Crippen LogP contribution >= 0.6 is 11.6 Å². The number of methoxy groups -OCH3 is 1. The highest BCUT2D eigenvalue weighted by Crippen LogP contribution is 2.30. The molecule has 32 heavy (non-hydrogen) atoms. The zero-order valence-electron chi connectivity index (χ0n) is 17.4. The quantitative estimate of drug-likeness (QED) is 0.490. The number of carbonyl (C=O) groups is 2. The van der Waals surface area contributed by atoms with Crippen LogP contribution in [0.2, 0.25) is 5.02 Å². The average Bonchev–Trinajstić information content (AvgIpc) is 3.18. The Balaban J connectivity index is 1.48. The molecule has 9 heteroatoms. The van der Waals surface area contributed by atoms with E-state index in [4.69, 9.17) is 30.5 Å². The highest BCUT2D eigenvalue weighted by Gasteiger charge is 2.25. The summed E-state index contributed by atoms with van der Waals surface area (Å²) in [5, 5.41) is 0.440. The molecular formula is C23H21ClN2O6. The molecule has 0 saturated carbocycles. The van der Waals surface area contributed by atoms with E-state index in [9.17, 15) is 9.59 Å². The summed E-state index contributed by atoms with van der Waals surface area (Å²) in [6.07, 6.45) is 1.58. The molecule has 0 bridgehead atoms. The van der Waals surface area contributed by atoms with Crippen molar-refractivity contribution in [2.75, 3.05) is 40.0 Å². The number of carbonyl (C=O) groups excluding carboxylic acids is 2. The number of rotatable bonds is 6. The highest BCUT2D eigenvalue weighted by atomic mass is 35.5. The van der Waals surface area contributed by atoms with E-state index in [1.165, 1.54) is 7.11 Å². The number of morpholine rings is 1. The van der Waals surface area contributed by atoms with Crippen molar-refractivity contribution >= 4 is 35.5 Å². The molecule has 1 amide bonds. The van der Waals surface area contributed by atoms with Crippen molar-refractivity contribution < 1.29 is 28.5 Å².